The van der Waals surface area contributed by atoms with Crippen molar-refractivity contribution in [1.82, 2.24) is 31.2 Å². The molecule has 0 saturated carbocycles. The third-order valence-electron chi connectivity index (χ3n) is 4.91. The van der Waals surface area contributed by atoms with Crippen molar-refractivity contribution in [2.24, 2.45) is 5.73 Å². The molecule has 36 heavy (non-hydrogen) atoms. The highest BCUT2D eigenvalue weighted by Crippen LogP contribution is 2.06. The van der Waals surface area contributed by atoms with Crippen LogP contribution in [-0.2, 0) is 36.8 Å². The number of nitrogens with one attached hydrogen (secondary N) is 5. The molecule has 194 valence electrons. The minimum absolute atomic E-state index is 0.0982. The Bertz CT molecular complexity index is 1030. The lowest BCUT2D eigenvalue weighted by atomic mass is 10.0. The Kier molecular flexibility index (Phi) is 11.4. The van der Waals surface area contributed by atoms with Crippen LogP contribution in [0.4, 0.5) is 0 Å². The van der Waals surface area contributed by atoms with E-state index in [0.29, 0.717) is 5.69 Å². The fourth-order valence-corrected chi connectivity index (χ4v) is 3.31. The number of aromatic nitrogens is 2. The molecule has 0 aliphatic carbocycles. The Morgan fingerprint density at radius 1 is 0.944 bits per heavy atom. The molecule has 0 aliphatic rings. The van der Waals surface area contributed by atoms with Crippen LogP contribution < -0.4 is 27.0 Å². The Morgan fingerprint density at radius 3 is 2.25 bits per heavy atom. The molecule has 0 unspecified atom stereocenters. The molecule has 0 aliphatic heterocycles. The van der Waals surface area contributed by atoms with Crippen LogP contribution in [0.5, 0.6) is 0 Å². The van der Waals surface area contributed by atoms with Crippen LogP contribution >= 0.6 is 12.6 Å². The number of carboxylic acids is 1. The average molecular weight is 520 g/mol. The number of amides is 4. The van der Waals surface area contributed by atoms with E-state index in [1.165, 1.54) is 6.33 Å². The molecule has 0 saturated heterocycles. The number of carbonyl (C=O) groups excluding carboxylic acids is 4. The summed E-state index contributed by atoms with van der Waals surface area (Å²) in [4.78, 5) is 67.2. The van der Waals surface area contributed by atoms with E-state index in [0.717, 1.165) is 5.56 Å². The van der Waals surface area contributed by atoms with Gasteiger partial charge in [0.25, 0.3) is 0 Å². The van der Waals surface area contributed by atoms with Crippen LogP contribution in [0.3, 0.4) is 0 Å². The summed E-state index contributed by atoms with van der Waals surface area (Å²) in [6, 6.07) is 5.81. The van der Waals surface area contributed by atoms with E-state index in [2.05, 4.69) is 43.9 Å². The van der Waals surface area contributed by atoms with Gasteiger partial charge in [-0.1, -0.05) is 30.3 Å². The quantitative estimate of drug-likeness (QED) is 0.127. The number of aliphatic carboxylic acids is 1. The molecule has 8 N–H and O–H groups in total. The summed E-state index contributed by atoms with van der Waals surface area (Å²) in [5.74, 6) is -3.97. The van der Waals surface area contributed by atoms with Gasteiger partial charge in [0.1, 0.15) is 18.6 Å². The zero-order chi connectivity index (χ0) is 26.5. The van der Waals surface area contributed by atoms with Crippen LogP contribution in [0.2, 0.25) is 0 Å². The second-order valence-electron chi connectivity index (χ2n) is 7.75. The van der Waals surface area contributed by atoms with Crippen molar-refractivity contribution in [3.05, 3.63) is 54.1 Å². The first-order chi connectivity index (χ1) is 17.2. The van der Waals surface area contributed by atoms with E-state index in [9.17, 15) is 24.0 Å². The van der Waals surface area contributed by atoms with Gasteiger partial charge in [-0.05, 0) is 5.56 Å². The first-order valence-corrected chi connectivity index (χ1v) is 11.6. The number of nitrogens with two attached hydrogens (primary N) is 1. The van der Waals surface area contributed by atoms with Gasteiger partial charge in [-0.2, -0.15) is 12.6 Å². The molecule has 1 aromatic heterocycles. The fraction of sp³-hybridized carbons (Fsp3) is 0.364. The fourth-order valence-electron chi connectivity index (χ4n) is 3.05. The average Bonchev–Trinajstić information content (AvgIpc) is 3.37. The summed E-state index contributed by atoms with van der Waals surface area (Å²) in [5, 5.41) is 18.2. The number of H-pyrrole nitrogens is 1. The molecule has 13 nitrogen and oxygen atoms in total. The van der Waals surface area contributed by atoms with Gasteiger partial charge >= 0.3 is 5.97 Å². The zero-order valence-corrected chi connectivity index (χ0v) is 20.2. The third-order valence-corrected chi connectivity index (χ3v) is 5.28. The maximum Gasteiger partial charge on any atom is 0.322 e. The molecule has 0 bridgehead atoms. The zero-order valence-electron chi connectivity index (χ0n) is 19.3. The predicted octanol–water partition coefficient (Wildman–Crippen LogP) is -2.26. The molecule has 14 heteroatoms. The molecule has 1 aromatic carbocycles. The van der Waals surface area contributed by atoms with Crippen LogP contribution in [0.25, 0.3) is 0 Å². The normalized spacial score (nSPS) is 13.1. The lowest BCUT2D eigenvalue weighted by Gasteiger charge is -2.23. The number of hydrogen-bond donors (Lipinski definition) is 8. The van der Waals surface area contributed by atoms with E-state index >= 15 is 0 Å². The number of nitrogens with zero attached hydrogens (tertiary/aromatic N) is 1. The number of hydrogen-bond acceptors (Lipinski definition) is 8. The summed E-state index contributed by atoms with van der Waals surface area (Å²) in [7, 11) is 0. The van der Waals surface area contributed by atoms with Gasteiger partial charge in [0, 0.05) is 24.8 Å². The number of aromatic amines is 1. The maximum atomic E-state index is 13.1. The Morgan fingerprint density at radius 2 is 1.64 bits per heavy atom. The van der Waals surface area contributed by atoms with Gasteiger partial charge in [0.05, 0.1) is 24.6 Å². The highest BCUT2D eigenvalue weighted by Gasteiger charge is 2.28. The maximum absolute atomic E-state index is 13.1. The van der Waals surface area contributed by atoms with Crippen molar-refractivity contribution in [3.63, 3.8) is 0 Å². The molecule has 0 spiro atoms. The lowest BCUT2D eigenvalue weighted by molar-refractivity contribution is -0.138. The van der Waals surface area contributed by atoms with Gasteiger partial charge in [0.2, 0.25) is 23.6 Å². The second kappa shape index (κ2) is 14.5. The standard InChI is InChI=1S/C22H29N7O6S/c23-15(7-14-8-24-12-27-14)20(33)28-16(6-13-4-2-1-3-5-13)22(35)29-17(11-36)21(34)26-9-18(30)25-10-19(31)32/h1-5,8,12,15-17,36H,6-7,9-11,23H2,(H,24,27)(H,25,30)(H,26,34)(H,28,33)(H,29,35)(H,31,32)/t15-,16-,17-/m0/s1. The molecular weight excluding hydrogens is 490 g/mol. The number of thiol groups is 1. The predicted molar refractivity (Wildman–Crippen MR) is 132 cm³/mol. The Labute approximate surface area is 212 Å². The number of rotatable bonds is 14. The first kappa shape index (κ1) is 28.3. The molecule has 0 radical (unpaired) electrons. The Hall–Kier alpha value is -3.91. The number of carboxylic acid groups (broad SMARTS) is 1. The third kappa shape index (κ3) is 9.76. The van der Waals surface area contributed by atoms with E-state index in [1.54, 1.807) is 30.5 Å². The monoisotopic (exact) mass is 519 g/mol. The summed E-state index contributed by atoms with van der Waals surface area (Å²) in [6.07, 6.45) is 3.36. The van der Waals surface area contributed by atoms with Gasteiger partial charge in [-0.25, -0.2) is 4.98 Å². The van der Waals surface area contributed by atoms with Crippen LogP contribution in [0, 0.1) is 0 Å². The molecule has 1 heterocycles. The SMILES string of the molecule is N[C@@H](Cc1c[nH]cn1)C(=O)N[C@@H](Cc1ccccc1)C(=O)N[C@@H](CS)C(=O)NCC(=O)NCC(=O)O. The molecule has 2 rings (SSSR count). The second-order valence-corrected chi connectivity index (χ2v) is 8.12. The number of imidazole rings is 1. The van der Waals surface area contributed by atoms with Gasteiger partial charge in [0.15, 0.2) is 0 Å². The number of carbonyl (C=O) groups is 5. The van der Waals surface area contributed by atoms with E-state index in [-0.39, 0.29) is 18.6 Å². The Balaban J connectivity index is 2.02. The summed E-state index contributed by atoms with van der Waals surface area (Å²) in [6.45, 7) is -1.08. The van der Waals surface area contributed by atoms with Crippen LogP contribution in [0.1, 0.15) is 11.3 Å². The molecule has 3 atom stereocenters. The summed E-state index contributed by atoms with van der Waals surface area (Å²) in [5.41, 5.74) is 7.34. The van der Waals surface area contributed by atoms with E-state index in [4.69, 9.17) is 10.8 Å². The van der Waals surface area contributed by atoms with Crippen LogP contribution in [-0.4, -0.2) is 81.6 Å². The minimum Gasteiger partial charge on any atom is -0.480 e. The highest BCUT2D eigenvalue weighted by atomic mass is 32.1. The van der Waals surface area contributed by atoms with Crippen molar-refractivity contribution >= 4 is 42.2 Å². The van der Waals surface area contributed by atoms with Crippen molar-refractivity contribution in [3.8, 4) is 0 Å². The van der Waals surface area contributed by atoms with Gasteiger partial charge < -0.3 is 37.1 Å². The van der Waals surface area contributed by atoms with E-state index in [1.807, 2.05) is 6.07 Å². The first-order valence-electron chi connectivity index (χ1n) is 10.9. The van der Waals surface area contributed by atoms with Crippen LogP contribution in [0.15, 0.2) is 42.9 Å². The largest absolute Gasteiger partial charge is 0.480 e. The van der Waals surface area contributed by atoms with Gasteiger partial charge in [-0.15, -0.1) is 0 Å². The smallest absolute Gasteiger partial charge is 0.322 e. The van der Waals surface area contributed by atoms with E-state index < -0.39 is 60.8 Å². The molecule has 2 aromatic rings. The summed E-state index contributed by atoms with van der Waals surface area (Å²) < 4.78 is 0. The lowest BCUT2D eigenvalue weighted by Crippen LogP contribution is -2.57. The summed E-state index contributed by atoms with van der Waals surface area (Å²) >= 11 is 4.09. The van der Waals surface area contributed by atoms with Crippen molar-refractivity contribution in [2.45, 2.75) is 31.0 Å². The van der Waals surface area contributed by atoms with Gasteiger partial charge in [-0.3, -0.25) is 24.0 Å². The van der Waals surface area contributed by atoms with Crippen molar-refractivity contribution < 1.29 is 29.1 Å². The molecular formula is C22H29N7O6S. The molecule has 0 fully saturated rings. The minimum atomic E-state index is -1.23. The number of benzene rings is 1. The highest BCUT2D eigenvalue weighted by molar-refractivity contribution is 7.80. The topological polar surface area (TPSA) is 208 Å². The van der Waals surface area contributed by atoms with Crippen molar-refractivity contribution in [2.75, 3.05) is 18.8 Å². The molecule has 4 amide bonds. The van der Waals surface area contributed by atoms with Crippen molar-refractivity contribution in [1.29, 1.82) is 0 Å².